The van der Waals surface area contributed by atoms with E-state index in [-0.39, 0.29) is 11.3 Å². The molecule has 130 valence electrons. The quantitative estimate of drug-likeness (QED) is 0.759. The van der Waals surface area contributed by atoms with Crippen molar-refractivity contribution in [3.8, 4) is 11.5 Å². The average Bonchev–Trinajstić information content (AvgIpc) is 2.52. The van der Waals surface area contributed by atoms with E-state index in [1.807, 2.05) is 27.7 Å². The number of benzene rings is 1. The van der Waals surface area contributed by atoms with E-state index in [4.69, 9.17) is 15.2 Å². The van der Waals surface area contributed by atoms with Crippen molar-refractivity contribution in [1.29, 1.82) is 0 Å². The molecule has 0 radical (unpaired) electrons. The fraction of sp³-hybridized carbons (Fsp3) is 0.611. The topological polar surface area (TPSA) is 64.8 Å². The summed E-state index contributed by atoms with van der Waals surface area (Å²) in [6.07, 6.45) is 0.920. The molecule has 5 heteroatoms. The second-order valence-electron chi connectivity index (χ2n) is 6.47. The number of carbonyl (C=O) groups excluding carboxylic acids is 1. The number of amides is 1. The summed E-state index contributed by atoms with van der Waals surface area (Å²) in [4.78, 5) is 14.3. The lowest BCUT2D eigenvalue weighted by Gasteiger charge is -2.29. The minimum atomic E-state index is -0.114. The summed E-state index contributed by atoms with van der Waals surface area (Å²) in [7, 11) is 1.79. The van der Waals surface area contributed by atoms with Gasteiger partial charge in [-0.05, 0) is 43.5 Å². The molecule has 0 saturated carbocycles. The van der Waals surface area contributed by atoms with Gasteiger partial charge in [-0.3, -0.25) is 4.79 Å². The Hall–Kier alpha value is -1.75. The van der Waals surface area contributed by atoms with Crippen LogP contribution in [0.5, 0.6) is 11.5 Å². The molecule has 0 atom stereocenters. The summed E-state index contributed by atoms with van der Waals surface area (Å²) >= 11 is 0. The average molecular weight is 322 g/mol. The first kappa shape index (κ1) is 19.3. The molecule has 0 fully saturated rings. The summed E-state index contributed by atoms with van der Waals surface area (Å²) in [6, 6.07) is 5.33. The molecule has 5 nitrogen and oxygen atoms in total. The van der Waals surface area contributed by atoms with Crippen LogP contribution in [-0.2, 0) is 0 Å². The summed E-state index contributed by atoms with van der Waals surface area (Å²) in [5.74, 6) is 1.24. The third-order valence-corrected chi connectivity index (χ3v) is 3.52. The molecule has 0 spiro atoms. The number of ether oxygens (including phenoxy) is 2. The summed E-state index contributed by atoms with van der Waals surface area (Å²) in [5.41, 5.74) is 6.23. The third-order valence-electron chi connectivity index (χ3n) is 3.52. The number of nitrogens with zero attached hydrogens (tertiary/aromatic N) is 1. The van der Waals surface area contributed by atoms with Crippen LogP contribution in [-0.4, -0.2) is 44.2 Å². The minimum absolute atomic E-state index is 0.0467. The Morgan fingerprint density at radius 3 is 2.48 bits per heavy atom. The summed E-state index contributed by atoms with van der Waals surface area (Å²) < 4.78 is 11.3. The molecule has 0 unspecified atom stereocenters. The second kappa shape index (κ2) is 8.77. The summed E-state index contributed by atoms with van der Waals surface area (Å²) in [6.45, 7) is 10.3. The van der Waals surface area contributed by atoms with Crippen molar-refractivity contribution in [2.75, 3.05) is 33.4 Å². The molecule has 23 heavy (non-hydrogen) atoms. The number of nitrogens with two attached hydrogens (primary N) is 1. The Balaban J connectivity index is 2.94. The molecule has 0 aliphatic rings. The van der Waals surface area contributed by atoms with Gasteiger partial charge in [0.15, 0.2) is 11.5 Å². The zero-order chi connectivity index (χ0) is 17.5. The van der Waals surface area contributed by atoms with Crippen LogP contribution < -0.4 is 15.2 Å². The fourth-order valence-corrected chi connectivity index (χ4v) is 2.24. The molecule has 0 saturated heterocycles. The second-order valence-corrected chi connectivity index (χ2v) is 6.47. The normalized spacial score (nSPS) is 11.2. The zero-order valence-electron chi connectivity index (χ0n) is 15.0. The Morgan fingerprint density at radius 1 is 1.22 bits per heavy atom. The maximum atomic E-state index is 12.6. The molecule has 0 aliphatic heterocycles. The maximum Gasteiger partial charge on any atom is 0.253 e. The highest BCUT2D eigenvalue weighted by Gasteiger charge is 2.22. The molecule has 1 aromatic carbocycles. The zero-order valence-corrected chi connectivity index (χ0v) is 15.0. The van der Waals surface area contributed by atoms with Crippen molar-refractivity contribution in [3.05, 3.63) is 23.8 Å². The van der Waals surface area contributed by atoms with Gasteiger partial charge in [0.25, 0.3) is 5.91 Å². The first-order valence-corrected chi connectivity index (χ1v) is 8.19. The van der Waals surface area contributed by atoms with Crippen molar-refractivity contribution in [2.24, 2.45) is 11.1 Å². The van der Waals surface area contributed by atoms with Crippen molar-refractivity contribution >= 4 is 5.91 Å². The van der Waals surface area contributed by atoms with E-state index in [0.29, 0.717) is 43.4 Å². The highest BCUT2D eigenvalue weighted by atomic mass is 16.5. The Bertz CT molecular complexity index is 515. The van der Waals surface area contributed by atoms with Crippen LogP contribution in [0.4, 0.5) is 0 Å². The molecule has 0 aliphatic carbocycles. The number of hydrogen-bond donors (Lipinski definition) is 1. The Labute approximate surface area is 139 Å². The van der Waals surface area contributed by atoms with E-state index in [1.165, 1.54) is 0 Å². The van der Waals surface area contributed by atoms with Crippen LogP contribution in [0.3, 0.4) is 0 Å². The van der Waals surface area contributed by atoms with Gasteiger partial charge < -0.3 is 20.1 Å². The Kier molecular flexibility index (Phi) is 7.36. The highest BCUT2D eigenvalue weighted by molar-refractivity contribution is 5.94. The lowest BCUT2D eigenvalue weighted by atomic mass is 9.93. The molecule has 1 rings (SSSR count). The van der Waals surface area contributed by atoms with E-state index in [9.17, 15) is 4.79 Å². The van der Waals surface area contributed by atoms with Crippen LogP contribution in [0, 0.1) is 5.41 Å². The largest absolute Gasteiger partial charge is 0.490 e. The SMILES string of the molecule is CCCOc1ccc(C(=O)N(C)CC(C)(C)CN)cc1OCC. The number of hydrogen-bond acceptors (Lipinski definition) is 4. The lowest BCUT2D eigenvalue weighted by molar-refractivity contribution is 0.0740. The van der Waals surface area contributed by atoms with Gasteiger partial charge in [-0.1, -0.05) is 20.8 Å². The van der Waals surface area contributed by atoms with E-state index < -0.39 is 0 Å². The third kappa shape index (κ3) is 5.75. The predicted molar refractivity (Wildman–Crippen MR) is 93.2 cm³/mol. The standard InChI is InChI=1S/C18H30N2O3/c1-6-10-23-15-9-8-14(11-16(15)22-7-2)17(21)20(5)13-18(3,4)12-19/h8-9,11H,6-7,10,12-13,19H2,1-5H3. The van der Waals surface area contributed by atoms with Crippen LogP contribution >= 0.6 is 0 Å². The van der Waals surface area contributed by atoms with Gasteiger partial charge in [0.05, 0.1) is 13.2 Å². The summed E-state index contributed by atoms with van der Waals surface area (Å²) in [5, 5.41) is 0. The molecular formula is C18H30N2O3. The fourth-order valence-electron chi connectivity index (χ4n) is 2.24. The van der Waals surface area contributed by atoms with E-state index in [2.05, 4.69) is 0 Å². The number of carbonyl (C=O) groups is 1. The maximum absolute atomic E-state index is 12.6. The van der Waals surface area contributed by atoms with Crippen molar-refractivity contribution in [3.63, 3.8) is 0 Å². The van der Waals surface area contributed by atoms with Crippen LogP contribution in [0.25, 0.3) is 0 Å². The van der Waals surface area contributed by atoms with Crippen LogP contribution in [0.15, 0.2) is 18.2 Å². The molecular weight excluding hydrogens is 292 g/mol. The van der Waals surface area contributed by atoms with Gasteiger partial charge >= 0.3 is 0 Å². The van der Waals surface area contributed by atoms with Crippen molar-refractivity contribution in [1.82, 2.24) is 4.90 Å². The van der Waals surface area contributed by atoms with Gasteiger partial charge in [0, 0.05) is 19.2 Å². The molecule has 0 aromatic heterocycles. The molecule has 0 heterocycles. The van der Waals surface area contributed by atoms with Gasteiger partial charge in [-0.2, -0.15) is 0 Å². The van der Waals surface area contributed by atoms with E-state index >= 15 is 0 Å². The van der Waals surface area contributed by atoms with Crippen molar-refractivity contribution in [2.45, 2.75) is 34.1 Å². The lowest BCUT2D eigenvalue weighted by Crippen LogP contribution is -2.39. The molecule has 1 amide bonds. The van der Waals surface area contributed by atoms with E-state index in [0.717, 1.165) is 6.42 Å². The molecule has 1 aromatic rings. The minimum Gasteiger partial charge on any atom is -0.490 e. The number of rotatable bonds is 9. The Morgan fingerprint density at radius 2 is 1.91 bits per heavy atom. The smallest absolute Gasteiger partial charge is 0.253 e. The monoisotopic (exact) mass is 322 g/mol. The predicted octanol–water partition coefficient (Wildman–Crippen LogP) is 2.93. The van der Waals surface area contributed by atoms with Gasteiger partial charge in [-0.15, -0.1) is 0 Å². The first-order chi connectivity index (χ1) is 10.8. The first-order valence-electron chi connectivity index (χ1n) is 8.19. The van der Waals surface area contributed by atoms with Gasteiger partial charge in [0.1, 0.15) is 0 Å². The molecule has 0 bridgehead atoms. The highest BCUT2D eigenvalue weighted by Crippen LogP contribution is 2.29. The van der Waals surface area contributed by atoms with Crippen LogP contribution in [0.2, 0.25) is 0 Å². The van der Waals surface area contributed by atoms with Gasteiger partial charge in [0.2, 0.25) is 0 Å². The molecule has 2 N–H and O–H groups in total. The van der Waals surface area contributed by atoms with Crippen molar-refractivity contribution < 1.29 is 14.3 Å². The van der Waals surface area contributed by atoms with Crippen LogP contribution in [0.1, 0.15) is 44.5 Å². The van der Waals surface area contributed by atoms with E-state index in [1.54, 1.807) is 30.1 Å². The van der Waals surface area contributed by atoms with Gasteiger partial charge in [-0.25, -0.2) is 0 Å².